The van der Waals surface area contributed by atoms with Gasteiger partial charge in [0, 0.05) is 0 Å². The van der Waals surface area contributed by atoms with E-state index in [-0.39, 0.29) is 10.7 Å². The molecule has 0 aliphatic carbocycles. The van der Waals surface area contributed by atoms with Crippen molar-refractivity contribution in [3.05, 3.63) is 40.4 Å². The maximum Gasteiger partial charge on any atom is 0.416 e. The lowest BCUT2D eigenvalue weighted by Gasteiger charge is -2.09. The Balaban J connectivity index is 2.17. The molecule has 2 rings (SSSR count). The number of halogens is 3. The summed E-state index contributed by atoms with van der Waals surface area (Å²) in [5, 5.41) is 7.90. The highest BCUT2D eigenvalue weighted by Gasteiger charge is 2.30. The third kappa shape index (κ3) is 4.39. The first-order valence-electron chi connectivity index (χ1n) is 5.62. The Bertz CT molecular complexity index is 741. The topological polar surface area (TPSA) is 72.0 Å². The molecule has 5 nitrogen and oxygen atoms in total. The summed E-state index contributed by atoms with van der Waals surface area (Å²) in [6, 6.07) is 4.19. The van der Waals surface area contributed by atoms with E-state index in [1.807, 2.05) is 0 Å². The smallest absolute Gasteiger partial charge is 0.257 e. The normalized spacial score (nSPS) is 12.4. The first-order chi connectivity index (χ1) is 9.66. The zero-order valence-corrected chi connectivity index (χ0v) is 12.3. The fourth-order valence-electron chi connectivity index (χ4n) is 1.56. The second-order valence-corrected chi connectivity index (χ2v) is 7.09. The van der Waals surface area contributed by atoms with Crippen molar-refractivity contribution >= 4 is 26.5 Å². The van der Waals surface area contributed by atoms with E-state index in [0.29, 0.717) is 5.01 Å². The van der Waals surface area contributed by atoms with Gasteiger partial charge in [-0.1, -0.05) is 29.5 Å². The summed E-state index contributed by atoms with van der Waals surface area (Å²) in [6.45, 7) is 1.66. The van der Waals surface area contributed by atoms with Crippen molar-refractivity contribution < 1.29 is 21.6 Å². The predicted octanol–water partition coefficient (Wildman–Crippen LogP) is 2.81. The van der Waals surface area contributed by atoms with Crippen LogP contribution in [0.15, 0.2) is 24.3 Å². The molecule has 1 heterocycles. The van der Waals surface area contributed by atoms with Crippen LogP contribution in [0, 0.1) is 6.92 Å². The minimum atomic E-state index is -4.51. The summed E-state index contributed by atoms with van der Waals surface area (Å²) in [6.07, 6.45) is -4.51. The molecule has 1 aromatic heterocycles. The number of anilines is 1. The van der Waals surface area contributed by atoms with E-state index in [0.717, 1.165) is 23.5 Å². The number of aromatic nitrogens is 2. The molecule has 0 unspecified atom stereocenters. The molecule has 0 aliphatic rings. The van der Waals surface area contributed by atoms with Gasteiger partial charge in [0.1, 0.15) is 5.01 Å². The first-order valence-corrected chi connectivity index (χ1v) is 8.09. The van der Waals surface area contributed by atoms with Crippen molar-refractivity contribution in [3.63, 3.8) is 0 Å². The van der Waals surface area contributed by atoms with Gasteiger partial charge in [0.2, 0.25) is 15.2 Å². The van der Waals surface area contributed by atoms with Gasteiger partial charge in [0.25, 0.3) is 0 Å². The van der Waals surface area contributed by atoms with Gasteiger partial charge in [-0.15, -0.1) is 10.2 Å². The zero-order chi connectivity index (χ0) is 15.7. The molecule has 0 aliphatic heterocycles. The maximum absolute atomic E-state index is 12.6. The van der Waals surface area contributed by atoms with Crippen LogP contribution in [0.3, 0.4) is 0 Å². The molecule has 0 radical (unpaired) electrons. The van der Waals surface area contributed by atoms with Crippen molar-refractivity contribution in [3.8, 4) is 0 Å². The average Bonchev–Trinajstić information content (AvgIpc) is 2.72. The molecular formula is C11H10F3N3O2S2. The van der Waals surface area contributed by atoms with Crippen LogP contribution in [0.25, 0.3) is 0 Å². The Labute approximate surface area is 122 Å². The van der Waals surface area contributed by atoms with Crippen LogP contribution in [-0.2, 0) is 22.0 Å². The maximum atomic E-state index is 12.6. The molecule has 1 N–H and O–H groups in total. The molecule has 1 aromatic carbocycles. The minimum Gasteiger partial charge on any atom is -0.257 e. The lowest BCUT2D eigenvalue weighted by Crippen LogP contribution is -2.15. The lowest BCUT2D eigenvalue weighted by molar-refractivity contribution is -0.137. The van der Waals surface area contributed by atoms with Crippen LogP contribution < -0.4 is 4.72 Å². The monoisotopic (exact) mass is 337 g/mol. The van der Waals surface area contributed by atoms with Gasteiger partial charge < -0.3 is 0 Å². The highest BCUT2D eigenvalue weighted by atomic mass is 32.2. The Morgan fingerprint density at radius 1 is 1.29 bits per heavy atom. The van der Waals surface area contributed by atoms with E-state index >= 15 is 0 Å². The van der Waals surface area contributed by atoms with E-state index in [1.54, 1.807) is 6.92 Å². The highest BCUT2D eigenvalue weighted by molar-refractivity contribution is 7.92. The molecule has 0 saturated heterocycles. The number of alkyl halides is 3. The van der Waals surface area contributed by atoms with Gasteiger partial charge in [0.15, 0.2) is 0 Å². The van der Waals surface area contributed by atoms with Crippen molar-refractivity contribution in [2.75, 3.05) is 4.72 Å². The third-order valence-electron chi connectivity index (χ3n) is 2.38. The zero-order valence-electron chi connectivity index (χ0n) is 10.7. The fraction of sp³-hybridized carbons (Fsp3) is 0.273. The van der Waals surface area contributed by atoms with E-state index in [1.165, 1.54) is 12.1 Å². The van der Waals surface area contributed by atoms with Crippen molar-refractivity contribution in [2.24, 2.45) is 0 Å². The number of benzene rings is 1. The van der Waals surface area contributed by atoms with Crippen molar-refractivity contribution in [1.82, 2.24) is 10.2 Å². The number of rotatable bonds is 4. The lowest BCUT2D eigenvalue weighted by atomic mass is 10.1. The van der Waals surface area contributed by atoms with Gasteiger partial charge >= 0.3 is 6.18 Å². The predicted molar refractivity (Wildman–Crippen MR) is 72.3 cm³/mol. The molecule has 0 saturated carbocycles. The second-order valence-electron chi connectivity index (χ2n) is 4.19. The third-order valence-corrected chi connectivity index (χ3v) is 4.48. The summed E-state index contributed by atoms with van der Waals surface area (Å²) >= 11 is 1.04. The number of hydrogen-bond acceptors (Lipinski definition) is 5. The molecule has 0 bridgehead atoms. The Morgan fingerprint density at radius 2 is 2.00 bits per heavy atom. The average molecular weight is 337 g/mol. The summed E-state index contributed by atoms with van der Waals surface area (Å²) in [7, 11) is -3.85. The number of hydrogen-bond donors (Lipinski definition) is 1. The largest absolute Gasteiger partial charge is 0.416 e. The molecule has 2 aromatic rings. The van der Waals surface area contributed by atoms with Crippen molar-refractivity contribution in [1.29, 1.82) is 0 Å². The molecule has 21 heavy (non-hydrogen) atoms. The molecule has 0 amide bonds. The second kappa shape index (κ2) is 5.60. The molecule has 10 heteroatoms. The first kappa shape index (κ1) is 15.7. The molecular weight excluding hydrogens is 327 g/mol. The Kier molecular flexibility index (Phi) is 4.19. The van der Waals surface area contributed by atoms with Crippen LogP contribution >= 0.6 is 11.3 Å². The van der Waals surface area contributed by atoms with Gasteiger partial charge in [0.05, 0.1) is 11.3 Å². The van der Waals surface area contributed by atoms with Crippen LogP contribution in [0.1, 0.15) is 16.1 Å². The standard InChI is InChI=1S/C11H10F3N3O2S2/c1-7-15-16-10(20-7)17-21(18,19)6-8-3-2-4-9(5-8)11(12,13)14/h2-5H,6H2,1H3,(H,16,17). The fourth-order valence-corrected chi connectivity index (χ4v) is 3.55. The number of sulfonamides is 1. The van der Waals surface area contributed by atoms with Crippen LogP contribution in [0.2, 0.25) is 0 Å². The SMILES string of the molecule is Cc1nnc(NS(=O)(=O)Cc2cccc(C(F)(F)F)c2)s1. The molecule has 0 atom stereocenters. The molecule has 0 spiro atoms. The Morgan fingerprint density at radius 3 is 2.57 bits per heavy atom. The van der Waals surface area contributed by atoms with Gasteiger partial charge in [-0.2, -0.15) is 13.2 Å². The van der Waals surface area contributed by atoms with Crippen LogP contribution in [0.4, 0.5) is 18.3 Å². The molecule has 114 valence electrons. The summed E-state index contributed by atoms with van der Waals surface area (Å²) in [4.78, 5) is 0. The van der Waals surface area contributed by atoms with E-state index in [4.69, 9.17) is 0 Å². The van der Waals surface area contributed by atoms with E-state index in [2.05, 4.69) is 14.9 Å². The number of nitrogens with zero attached hydrogens (tertiary/aromatic N) is 2. The van der Waals surface area contributed by atoms with Crippen molar-refractivity contribution in [2.45, 2.75) is 18.9 Å². The number of nitrogens with one attached hydrogen (secondary N) is 1. The van der Waals surface area contributed by atoms with E-state index in [9.17, 15) is 21.6 Å². The van der Waals surface area contributed by atoms with Crippen LogP contribution in [-0.4, -0.2) is 18.6 Å². The van der Waals surface area contributed by atoms with Gasteiger partial charge in [-0.25, -0.2) is 8.42 Å². The minimum absolute atomic E-state index is 0.0403. The highest BCUT2D eigenvalue weighted by Crippen LogP contribution is 2.30. The summed E-state index contributed by atoms with van der Waals surface area (Å²) in [5.41, 5.74) is -0.847. The Hall–Kier alpha value is -1.68. The number of aryl methyl sites for hydroxylation is 1. The van der Waals surface area contributed by atoms with Gasteiger partial charge in [-0.05, 0) is 18.6 Å². The van der Waals surface area contributed by atoms with Crippen LogP contribution in [0.5, 0.6) is 0 Å². The molecule has 0 fully saturated rings. The quantitative estimate of drug-likeness (QED) is 0.931. The summed E-state index contributed by atoms with van der Waals surface area (Å²) < 4.78 is 63.7. The van der Waals surface area contributed by atoms with E-state index < -0.39 is 27.5 Å². The van der Waals surface area contributed by atoms with Gasteiger partial charge in [-0.3, -0.25) is 4.72 Å². The summed E-state index contributed by atoms with van der Waals surface area (Å²) in [5.74, 6) is -0.574.